The van der Waals surface area contributed by atoms with Crippen molar-refractivity contribution in [1.82, 2.24) is 0 Å². The van der Waals surface area contributed by atoms with Crippen molar-refractivity contribution in [2.75, 3.05) is 0 Å². The smallest absolute Gasteiger partial charge is 0.313 e. The van der Waals surface area contributed by atoms with Gasteiger partial charge in [-0.3, -0.25) is 4.79 Å². The summed E-state index contributed by atoms with van der Waals surface area (Å²) in [6.07, 6.45) is 7.48. The number of hydrogen-bond donors (Lipinski definition) is 0. The summed E-state index contributed by atoms with van der Waals surface area (Å²) in [7, 11) is 0. The first-order valence-electron chi connectivity index (χ1n) is 6.29. The molecule has 0 rings (SSSR count). The molecule has 0 saturated carbocycles. The topological polar surface area (TPSA) is 26.3 Å². The van der Waals surface area contributed by atoms with E-state index in [1.54, 1.807) is 0 Å². The summed E-state index contributed by atoms with van der Waals surface area (Å²) in [5, 5.41) is 0. The molecular weight excluding hydrogens is 200 g/mol. The van der Waals surface area contributed by atoms with E-state index in [1.807, 2.05) is 13.0 Å². The van der Waals surface area contributed by atoms with Crippen LogP contribution < -0.4 is 0 Å². The predicted octanol–water partition coefficient (Wildman–Crippen LogP) is 4.31. The Bertz CT molecular complexity index is 223. The van der Waals surface area contributed by atoms with Crippen LogP contribution in [0, 0.1) is 11.3 Å². The van der Waals surface area contributed by atoms with Gasteiger partial charge in [0.1, 0.15) is 0 Å². The standard InChI is InChI=1S/C14H26O2/c1-6-8-9-12(7-2)13(15)16-11-10-14(3,4)5/h10-12H,6-9H2,1-5H3. The molecule has 0 heterocycles. The van der Waals surface area contributed by atoms with E-state index in [0.717, 1.165) is 25.7 Å². The van der Waals surface area contributed by atoms with E-state index in [4.69, 9.17) is 4.74 Å². The van der Waals surface area contributed by atoms with Crippen molar-refractivity contribution in [3.8, 4) is 0 Å². The quantitative estimate of drug-likeness (QED) is 0.498. The SMILES string of the molecule is CCCCC(CC)C(=O)OC=CC(C)(C)C. The highest BCUT2D eigenvalue weighted by Gasteiger charge is 2.16. The van der Waals surface area contributed by atoms with Gasteiger partial charge < -0.3 is 4.74 Å². The fraction of sp³-hybridized carbons (Fsp3) is 0.786. The molecule has 94 valence electrons. The summed E-state index contributed by atoms with van der Waals surface area (Å²) in [6, 6.07) is 0. The molecule has 0 aromatic rings. The molecule has 2 heteroatoms. The van der Waals surface area contributed by atoms with Crippen molar-refractivity contribution in [1.29, 1.82) is 0 Å². The maximum absolute atomic E-state index is 11.7. The second-order valence-corrected chi connectivity index (χ2v) is 5.35. The van der Waals surface area contributed by atoms with Crippen molar-refractivity contribution in [3.63, 3.8) is 0 Å². The van der Waals surface area contributed by atoms with E-state index < -0.39 is 0 Å². The molecule has 16 heavy (non-hydrogen) atoms. The van der Waals surface area contributed by atoms with Crippen LogP contribution >= 0.6 is 0 Å². The highest BCUT2D eigenvalue weighted by molar-refractivity contribution is 5.72. The number of carbonyl (C=O) groups excluding carboxylic acids is 1. The molecule has 0 aliphatic carbocycles. The van der Waals surface area contributed by atoms with E-state index in [9.17, 15) is 4.79 Å². The molecule has 0 aromatic heterocycles. The average molecular weight is 226 g/mol. The Morgan fingerprint density at radius 3 is 2.38 bits per heavy atom. The minimum atomic E-state index is -0.0866. The summed E-state index contributed by atoms with van der Waals surface area (Å²) in [4.78, 5) is 11.7. The van der Waals surface area contributed by atoms with E-state index in [1.165, 1.54) is 6.26 Å². The third-order valence-corrected chi connectivity index (χ3v) is 2.48. The van der Waals surface area contributed by atoms with Crippen molar-refractivity contribution >= 4 is 5.97 Å². The minimum Gasteiger partial charge on any atom is -0.435 e. The molecule has 1 atom stereocenters. The molecule has 0 N–H and O–H groups in total. The highest BCUT2D eigenvalue weighted by Crippen LogP contribution is 2.17. The van der Waals surface area contributed by atoms with Crippen LogP contribution in [0.1, 0.15) is 60.3 Å². The lowest BCUT2D eigenvalue weighted by Gasteiger charge is -2.13. The molecule has 0 bridgehead atoms. The first-order valence-corrected chi connectivity index (χ1v) is 6.29. The van der Waals surface area contributed by atoms with Gasteiger partial charge in [-0.15, -0.1) is 0 Å². The zero-order valence-electron chi connectivity index (χ0n) is 11.4. The Labute approximate surface area is 100 Å². The molecule has 2 nitrogen and oxygen atoms in total. The van der Waals surface area contributed by atoms with Gasteiger partial charge in [-0.05, 0) is 24.3 Å². The van der Waals surface area contributed by atoms with Gasteiger partial charge in [0.2, 0.25) is 0 Å². The number of unbranched alkanes of at least 4 members (excludes halogenated alkanes) is 1. The number of carbonyl (C=O) groups is 1. The second kappa shape index (κ2) is 7.48. The van der Waals surface area contributed by atoms with Crippen LogP contribution in [0.4, 0.5) is 0 Å². The van der Waals surface area contributed by atoms with Crippen LogP contribution in [0.2, 0.25) is 0 Å². The van der Waals surface area contributed by atoms with Gasteiger partial charge in [-0.2, -0.15) is 0 Å². The zero-order chi connectivity index (χ0) is 12.6. The lowest BCUT2D eigenvalue weighted by atomic mass is 9.97. The molecule has 0 spiro atoms. The van der Waals surface area contributed by atoms with Crippen molar-refractivity contribution in [2.24, 2.45) is 11.3 Å². The van der Waals surface area contributed by atoms with E-state index in [0.29, 0.717) is 0 Å². The van der Waals surface area contributed by atoms with Gasteiger partial charge in [0.05, 0.1) is 12.2 Å². The predicted molar refractivity (Wildman–Crippen MR) is 68.0 cm³/mol. The number of rotatable bonds is 6. The van der Waals surface area contributed by atoms with Gasteiger partial charge in [0, 0.05) is 0 Å². The van der Waals surface area contributed by atoms with Crippen LogP contribution in [-0.2, 0) is 9.53 Å². The van der Waals surface area contributed by atoms with Crippen molar-refractivity contribution < 1.29 is 9.53 Å². The van der Waals surface area contributed by atoms with Crippen LogP contribution in [0.3, 0.4) is 0 Å². The Morgan fingerprint density at radius 1 is 1.31 bits per heavy atom. The number of allylic oxidation sites excluding steroid dienone is 1. The fourth-order valence-electron chi connectivity index (χ4n) is 1.34. The molecule has 0 aromatic carbocycles. The van der Waals surface area contributed by atoms with Crippen LogP contribution in [-0.4, -0.2) is 5.97 Å². The van der Waals surface area contributed by atoms with Crippen LogP contribution in [0.15, 0.2) is 12.3 Å². The monoisotopic (exact) mass is 226 g/mol. The molecule has 0 amide bonds. The third kappa shape index (κ3) is 7.49. The van der Waals surface area contributed by atoms with Gasteiger partial charge in [-0.25, -0.2) is 0 Å². The van der Waals surface area contributed by atoms with Crippen molar-refractivity contribution in [2.45, 2.75) is 60.3 Å². The van der Waals surface area contributed by atoms with E-state index >= 15 is 0 Å². The Balaban J connectivity index is 4.07. The van der Waals surface area contributed by atoms with Gasteiger partial charge in [0.25, 0.3) is 0 Å². The highest BCUT2D eigenvalue weighted by atomic mass is 16.5. The molecule has 0 aliphatic rings. The Hall–Kier alpha value is -0.790. The fourth-order valence-corrected chi connectivity index (χ4v) is 1.34. The van der Waals surface area contributed by atoms with Gasteiger partial charge in [0.15, 0.2) is 0 Å². The third-order valence-electron chi connectivity index (χ3n) is 2.48. The number of hydrogen-bond acceptors (Lipinski definition) is 2. The van der Waals surface area contributed by atoms with E-state index in [2.05, 4.69) is 27.7 Å². The maximum atomic E-state index is 11.7. The number of ether oxygens (including phenoxy) is 1. The zero-order valence-corrected chi connectivity index (χ0v) is 11.4. The summed E-state index contributed by atoms with van der Waals surface area (Å²) < 4.78 is 5.15. The van der Waals surface area contributed by atoms with E-state index in [-0.39, 0.29) is 17.3 Å². The summed E-state index contributed by atoms with van der Waals surface area (Å²) in [6.45, 7) is 10.4. The summed E-state index contributed by atoms with van der Waals surface area (Å²) in [5.41, 5.74) is 0.0609. The lowest BCUT2D eigenvalue weighted by Crippen LogP contribution is -2.15. The van der Waals surface area contributed by atoms with Crippen LogP contribution in [0.25, 0.3) is 0 Å². The second-order valence-electron chi connectivity index (χ2n) is 5.35. The summed E-state index contributed by atoms with van der Waals surface area (Å²) >= 11 is 0. The van der Waals surface area contributed by atoms with Crippen LogP contribution in [0.5, 0.6) is 0 Å². The first kappa shape index (κ1) is 15.2. The molecule has 0 saturated heterocycles. The lowest BCUT2D eigenvalue weighted by molar-refractivity contribution is -0.143. The maximum Gasteiger partial charge on any atom is 0.313 e. The van der Waals surface area contributed by atoms with Crippen molar-refractivity contribution in [3.05, 3.63) is 12.3 Å². The molecular formula is C14H26O2. The molecule has 0 fully saturated rings. The molecule has 0 radical (unpaired) electrons. The minimum absolute atomic E-state index is 0.0598. The summed E-state index contributed by atoms with van der Waals surface area (Å²) in [5.74, 6) is -0.0268. The Kier molecular flexibility index (Phi) is 7.11. The normalized spacial score (nSPS) is 14.1. The Morgan fingerprint density at radius 2 is 1.94 bits per heavy atom. The average Bonchev–Trinajstić information content (AvgIpc) is 2.17. The van der Waals surface area contributed by atoms with Gasteiger partial charge >= 0.3 is 5.97 Å². The number of esters is 1. The largest absolute Gasteiger partial charge is 0.435 e. The molecule has 0 aliphatic heterocycles. The molecule has 1 unspecified atom stereocenters. The van der Waals surface area contributed by atoms with Gasteiger partial charge in [-0.1, -0.05) is 47.5 Å². The first-order chi connectivity index (χ1) is 7.40.